The molecule has 0 fully saturated rings. The van der Waals surface area contributed by atoms with Gasteiger partial charge in [-0.25, -0.2) is 0 Å². The first-order valence-electron chi connectivity index (χ1n) is 7.94. The molecular weight excluding hydrogens is 320 g/mol. The quantitative estimate of drug-likeness (QED) is 0.559. The number of ether oxygens (including phenoxy) is 2. The standard InChI is InChI=1S/C19H26N2O4/c1-6-11-25-15-9-7-14(12-16(15)24-5)8-10-17(22)20-13-18(23)21-19(2,3)4/h6-10,12H,1,11,13H2,2-5H3,(H,20,22)(H,21,23)/b10-8+. The van der Waals surface area contributed by atoms with Gasteiger partial charge in [0.1, 0.15) is 6.61 Å². The molecule has 0 atom stereocenters. The minimum atomic E-state index is -0.352. The zero-order chi connectivity index (χ0) is 18.9. The summed E-state index contributed by atoms with van der Waals surface area (Å²) in [4.78, 5) is 23.5. The first kappa shape index (κ1) is 20.3. The molecule has 1 aromatic rings. The fourth-order valence-electron chi connectivity index (χ4n) is 1.92. The Bertz CT molecular complexity index is 645. The van der Waals surface area contributed by atoms with Gasteiger partial charge in [-0.05, 0) is 44.5 Å². The molecule has 1 rings (SSSR count). The molecule has 6 nitrogen and oxygen atoms in total. The van der Waals surface area contributed by atoms with Gasteiger partial charge in [0.2, 0.25) is 11.8 Å². The van der Waals surface area contributed by atoms with Crippen molar-refractivity contribution in [2.75, 3.05) is 20.3 Å². The van der Waals surface area contributed by atoms with Crippen LogP contribution in [0.4, 0.5) is 0 Å². The SMILES string of the molecule is C=CCOc1ccc(/C=C/C(=O)NCC(=O)NC(C)(C)C)cc1OC. The van der Waals surface area contributed by atoms with E-state index < -0.39 is 0 Å². The summed E-state index contributed by atoms with van der Waals surface area (Å²) in [5.74, 6) is 0.575. The van der Waals surface area contributed by atoms with Crippen LogP contribution in [0.3, 0.4) is 0 Å². The Hall–Kier alpha value is -2.76. The van der Waals surface area contributed by atoms with Crippen molar-refractivity contribution < 1.29 is 19.1 Å². The molecule has 0 bridgehead atoms. The minimum absolute atomic E-state index is 0.0713. The first-order valence-corrected chi connectivity index (χ1v) is 7.94. The topological polar surface area (TPSA) is 76.7 Å². The largest absolute Gasteiger partial charge is 0.493 e. The normalized spacial score (nSPS) is 11.0. The first-order chi connectivity index (χ1) is 11.7. The Labute approximate surface area is 148 Å². The third kappa shape index (κ3) is 8.06. The molecule has 25 heavy (non-hydrogen) atoms. The lowest BCUT2D eigenvalue weighted by molar-refractivity contribution is -0.124. The van der Waals surface area contributed by atoms with Crippen molar-refractivity contribution in [1.82, 2.24) is 10.6 Å². The fourth-order valence-corrected chi connectivity index (χ4v) is 1.92. The summed E-state index contributed by atoms with van der Waals surface area (Å²) in [6.45, 7) is 9.54. The van der Waals surface area contributed by atoms with Crippen LogP contribution >= 0.6 is 0 Å². The second-order valence-electron chi connectivity index (χ2n) is 6.36. The number of hydrogen-bond donors (Lipinski definition) is 2. The van der Waals surface area contributed by atoms with Crippen LogP contribution in [0.5, 0.6) is 11.5 Å². The fraction of sp³-hybridized carbons (Fsp3) is 0.368. The highest BCUT2D eigenvalue weighted by molar-refractivity contribution is 5.94. The summed E-state index contributed by atoms with van der Waals surface area (Å²) in [7, 11) is 1.55. The van der Waals surface area contributed by atoms with E-state index in [1.54, 1.807) is 37.5 Å². The lowest BCUT2D eigenvalue weighted by atomic mass is 10.1. The van der Waals surface area contributed by atoms with Crippen LogP contribution in [0.2, 0.25) is 0 Å². The number of carbonyl (C=O) groups excluding carboxylic acids is 2. The van der Waals surface area contributed by atoms with Crippen LogP contribution in [-0.2, 0) is 9.59 Å². The van der Waals surface area contributed by atoms with E-state index in [-0.39, 0.29) is 23.9 Å². The molecular formula is C19H26N2O4. The van der Waals surface area contributed by atoms with Crippen LogP contribution in [0.15, 0.2) is 36.9 Å². The van der Waals surface area contributed by atoms with E-state index >= 15 is 0 Å². The second-order valence-corrected chi connectivity index (χ2v) is 6.36. The molecule has 0 saturated carbocycles. The van der Waals surface area contributed by atoms with Gasteiger partial charge in [-0.1, -0.05) is 18.7 Å². The molecule has 2 amide bonds. The van der Waals surface area contributed by atoms with Gasteiger partial charge >= 0.3 is 0 Å². The summed E-state index contributed by atoms with van der Waals surface area (Å²) in [5.41, 5.74) is 0.445. The monoisotopic (exact) mass is 346 g/mol. The van der Waals surface area contributed by atoms with Gasteiger partial charge in [0.05, 0.1) is 13.7 Å². The highest BCUT2D eigenvalue weighted by atomic mass is 16.5. The zero-order valence-corrected chi connectivity index (χ0v) is 15.2. The molecule has 2 N–H and O–H groups in total. The summed E-state index contributed by atoms with van der Waals surface area (Å²) in [6.07, 6.45) is 4.65. The van der Waals surface area contributed by atoms with Crippen molar-refractivity contribution in [3.05, 3.63) is 42.5 Å². The van der Waals surface area contributed by atoms with Crippen molar-refractivity contribution in [3.8, 4) is 11.5 Å². The molecule has 1 aromatic carbocycles. The van der Waals surface area contributed by atoms with Gasteiger partial charge in [0.25, 0.3) is 0 Å². The molecule has 0 spiro atoms. The van der Waals surface area contributed by atoms with E-state index in [0.717, 1.165) is 5.56 Å². The summed E-state index contributed by atoms with van der Waals surface area (Å²) >= 11 is 0. The summed E-state index contributed by atoms with van der Waals surface area (Å²) < 4.78 is 10.7. The lowest BCUT2D eigenvalue weighted by Crippen LogP contribution is -2.45. The number of methoxy groups -OCH3 is 1. The minimum Gasteiger partial charge on any atom is -0.493 e. The molecule has 0 radical (unpaired) electrons. The molecule has 0 heterocycles. The highest BCUT2D eigenvalue weighted by Crippen LogP contribution is 2.28. The van der Waals surface area contributed by atoms with Gasteiger partial charge in [0.15, 0.2) is 11.5 Å². The maximum absolute atomic E-state index is 11.8. The Morgan fingerprint density at radius 3 is 2.56 bits per heavy atom. The van der Waals surface area contributed by atoms with Crippen molar-refractivity contribution in [1.29, 1.82) is 0 Å². The van der Waals surface area contributed by atoms with E-state index in [4.69, 9.17) is 9.47 Å². The molecule has 0 aliphatic heterocycles. The number of hydrogen-bond acceptors (Lipinski definition) is 4. The molecule has 136 valence electrons. The Morgan fingerprint density at radius 1 is 1.24 bits per heavy atom. The van der Waals surface area contributed by atoms with Crippen LogP contribution in [0.1, 0.15) is 26.3 Å². The Balaban J connectivity index is 2.61. The number of benzene rings is 1. The number of carbonyl (C=O) groups is 2. The van der Waals surface area contributed by atoms with Gasteiger partial charge in [-0.2, -0.15) is 0 Å². The zero-order valence-electron chi connectivity index (χ0n) is 15.2. The van der Waals surface area contributed by atoms with E-state index in [0.29, 0.717) is 18.1 Å². The van der Waals surface area contributed by atoms with Gasteiger partial charge in [-0.15, -0.1) is 0 Å². The lowest BCUT2D eigenvalue weighted by Gasteiger charge is -2.20. The predicted molar refractivity (Wildman–Crippen MR) is 98.6 cm³/mol. The van der Waals surface area contributed by atoms with Gasteiger partial charge in [-0.3, -0.25) is 9.59 Å². The van der Waals surface area contributed by atoms with Gasteiger partial charge in [0, 0.05) is 11.6 Å². The third-order valence-electron chi connectivity index (χ3n) is 2.91. The maximum Gasteiger partial charge on any atom is 0.244 e. The molecule has 0 aliphatic rings. The Kier molecular flexibility index (Phi) is 7.72. The predicted octanol–water partition coefficient (Wildman–Crippen LogP) is 2.30. The van der Waals surface area contributed by atoms with Crippen molar-refractivity contribution in [2.45, 2.75) is 26.3 Å². The molecule has 0 aromatic heterocycles. The number of rotatable bonds is 8. The molecule has 0 saturated heterocycles. The van der Waals surface area contributed by atoms with Crippen LogP contribution in [-0.4, -0.2) is 37.6 Å². The van der Waals surface area contributed by atoms with Crippen LogP contribution in [0.25, 0.3) is 6.08 Å². The molecule has 0 aliphatic carbocycles. The second kappa shape index (κ2) is 9.52. The van der Waals surface area contributed by atoms with E-state index in [9.17, 15) is 9.59 Å². The van der Waals surface area contributed by atoms with E-state index in [1.807, 2.05) is 20.8 Å². The summed E-state index contributed by atoms with van der Waals surface area (Å²) in [6, 6.07) is 5.32. The third-order valence-corrected chi connectivity index (χ3v) is 2.91. The van der Waals surface area contributed by atoms with Crippen LogP contribution in [0, 0.1) is 0 Å². The molecule has 0 unspecified atom stereocenters. The van der Waals surface area contributed by atoms with Crippen molar-refractivity contribution >= 4 is 17.9 Å². The van der Waals surface area contributed by atoms with E-state index in [2.05, 4.69) is 17.2 Å². The van der Waals surface area contributed by atoms with E-state index in [1.165, 1.54) is 6.08 Å². The number of nitrogens with one attached hydrogen (secondary N) is 2. The summed E-state index contributed by atoms with van der Waals surface area (Å²) in [5, 5.41) is 5.31. The Morgan fingerprint density at radius 2 is 1.96 bits per heavy atom. The van der Waals surface area contributed by atoms with Crippen LogP contribution < -0.4 is 20.1 Å². The number of amides is 2. The highest BCUT2D eigenvalue weighted by Gasteiger charge is 2.13. The van der Waals surface area contributed by atoms with Gasteiger partial charge < -0.3 is 20.1 Å². The van der Waals surface area contributed by atoms with Crippen molar-refractivity contribution in [3.63, 3.8) is 0 Å². The molecule has 6 heteroatoms. The average Bonchev–Trinajstić information content (AvgIpc) is 2.55. The smallest absolute Gasteiger partial charge is 0.244 e. The maximum atomic E-state index is 11.8. The average molecular weight is 346 g/mol. The van der Waals surface area contributed by atoms with Crippen molar-refractivity contribution in [2.24, 2.45) is 0 Å².